The second-order valence-electron chi connectivity index (χ2n) is 3.73. The molecule has 19 heavy (non-hydrogen) atoms. The predicted molar refractivity (Wildman–Crippen MR) is 84.0 cm³/mol. The molecule has 0 saturated carbocycles. The lowest BCUT2D eigenvalue weighted by atomic mass is 10.3. The van der Waals surface area contributed by atoms with E-state index in [0.29, 0.717) is 12.5 Å². The van der Waals surface area contributed by atoms with E-state index in [1.165, 1.54) is 0 Å². The molecule has 0 spiro atoms. The van der Waals surface area contributed by atoms with Crippen LogP contribution < -0.4 is 15.8 Å². The molecule has 0 aliphatic carbocycles. The van der Waals surface area contributed by atoms with E-state index >= 15 is 0 Å². The van der Waals surface area contributed by atoms with Crippen LogP contribution >= 0.6 is 27.3 Å². The Morgan fingerprint density at radius 2 is 2.16 bits per heavy atom. The molecule has 1 aromatic carbocycles. The average Bonchev–Trinajstić information content (AvgIpc) is 2.83. The zero-order valence-electron chi connectivity index (χ0n) is 10.4. The van der Waals surface area contributed by atoms with Gasteiger partial charge in [0.2, 0.25) is 0 Å². The number of thiophene rings is 1. The van der Waals surface area contributed by atoms with Gasteiger partial charge in [0.05, 0.1) is 23.1 Å². The van der Waals surface area contributed by atoms with Gasteiger partial charge in [-0.2, -0.15) is 0 Å². The number of guanidine groups is 1. The molecule has 3 N–H and O–H groups in total. The predicted octanol–water partition coefficient (Wildman–Crippen LogP) is 3.45. The first-order valence-electron chi connectivity index (χ1n) is 5.63. The van der Waals surface area contributed by atoms with E-state index in [9.17, 15) is 0 Å². The van der Waals surface area contributed by atoms with E-state index < -0.39 is 0 Å². The Bertz CT molecular complexity index is 583. The van der Waals surface area contributed by atoms with E-state index in [4.69, 9.17) is 10.5 Å². The quantitative estimate of drug-likeness (QED) is 0.662. The van der Waals surface area contributed by atoms with Gasteiger partial charge >= 0.3 is 0 Å². The number of aliphatic imine (C=N–C) groups is 1. The van der Waals surface area contributed by atoms with Gasteiger partial charge in [0, 0.05) is 4.88 Å². The van der Waals surface area contributed by atoms with Gasteiger partial charge in [-0.25, -0.2) is 4.99 Å². The fourth-order valence-corrected chi connectivity index (χ4v) is 2.93. The van der Waals surface area contributed by atoms with Gasteiger partial charge in [0.25, 0.3) is 0 Å². The van der Waals surface area contributed by atoms with E-state index in [-0.39, 0.29) is 0 Å². The van der Waals surface area contributed by atoms with Gasteiger partial charge in [0.1, 0.15) is 5.75 Å². The molecule has 0 unspecified atom stereocenters. The van der Waals surface area contributed by atoms with Crippen LogP contribution in [0.1, 0.15) is 4.88 Å². The number of rotatable bonds is 4. The summed E-state index contributed by atoms with van der Waals surface area (Å²) in [6.45, 7) is 0.560. The number of ether oxygens (including phenoxy) is 1. The van der Waals surface area contributed by atoms with Crippen LogP contribution in [0.2, 0.25) is 0 Å². The molecular weight excluding hydrogens is 326 g/mol. The highest BCUT2D eigenvalue weighted by atomic mass is 79.9. The summed E-state index contributed by atoms with van der Waals surface area (Å²) < 4.78 is 6.33. The van der Waals surface area contributed by atoms with Crippen LogP contribution in [-0.2, 0) is 6.54 Å². The van der Waals surface area contributed by atoms with Crippen molar-refractivity contribution in [2.75, 3.05) is 12.4 Å². The van der Waals surface area contributed by atoms with Gasteiger partial charge in [-0.3, -0.25) is 0 Å². The molecule has 0 amide bonds. The Labute approximate surface area is 124 Å². The number of hydrogen-bond donors (Lipinski definition) is 2. The number of nitrogens with two attached hydrogens (primary N) is 1. The maximum atomic E-state index is 5.86. The minimum atomic E-state index is 0.369. The van der Waals surface area contributed by atoms with Gasteiger partial charge in [-0.05, 0) is 40.2 Å². The summed E-state index contributed by atoms with van der Waals surface area (Å²) in [5.41, 5.74) is 6.66. The molecule has 4 nitrogen and oxygen atoms in total. The first kappa shape index (κ1) is 13.9. The summed E-state index contributed by atoms with van der Waals surface area (Å²) in [6, 6.07) is 11.6. The Balaban J connectivity index is 2.02. The summed E-state index contributed by atoms with van der Waals surface area (Å²) in [4.78, 5) is 5.45. The number of methoxy groups -OCH3 is 1. The number of halogens is 1. The SMILES string of the molecule is COc1ccccc1NC(N)=NCc1ccc(Br)s1. The maximum Gasteiger partial charge on any atom is 0.193 e. The lowest BCUT2D eigenvalue weighted by molar-refractivity contribution is 0.417. The highest BCUT2D eigenvalue weighted by Gasteiger charge is 2.02. The van der Waals surface area contributed by atoms with E-state index in [2.05, 4.69) is 26.2 Å². The summed E-state index contributed by atoms with van der Waals surface area (Å²) in [7, 11) is 1.62. The third-order valence-electron chi connectivity index (χ3n) is 2.40. The number of benzene rings is 1. The zero-order valence-corrected chi connectivity index (χ0v) is 12.8. The van der Waals surface area contributed by atoms with Crippen LogP contribution in [0, 0.1) is 0 Å². The first-order valence-corrected chi connectivity index (χ1v) is 7.24. The lowest BCUT2D eigenvalue weighted by Gasteiger charge is -2.09. The summed E-state index contributed by atoms with van der Waals surface area (Å²) >= 11 is 5.06. The van der Waals surface area contributed by atoms with E-state index in [1.807, 2.05) is 36.4 Å². The fraction of sp³-hybridized carbons (Fsp3) is 0.154. The first-order chi connectivity index (χ1) is 9.19. The van der Waals surface area contributed by atoms with Crippen molar-refractivity contribution in [2.24, 2.45) is 10.7 Å². The largest absolute Gasteiger partial charge is 0.495 e. The summed E-state index contributed by atoms with van der Waals surface area (Å²) in [5.74, 6) is 1.11. The number of para-hydroxylation sites is 2. The van der Waals surface area contributed by atoms with Crippen molar-refractivity contribution in [3.05, 3.63) is 45.1 Å². The van der Waals surface area contributed by atoms with Gasteiger partial charge in [-0.1, -0.05) is 12.1 Å². The standard InChI is InChI=1S/C13H14BrN3OS/c1-18-11-5-3-2-4-10(11)17-13(15)16-8-9-6-7-12(14)19-9/h2-7H,8H2,1H3,(H3,15,16,17). The smallest absolute Gasteiger partial charge is 0.193 e. The normalized spacial score (nSPS) is 11.4. The molecule has 1 heterocycles. The van der Waals surface area contributed by atoms with Crippen LogP contribution in [0.5, 0.6) is 5.75 Å². The Hall–Kier alpha value is -1.53. The number of nitrogens with one attached hydrogen (secondary N) is 1. The molecule has 0 aliphatic rings. The third kappa shape index (κ3) is 3.97. The second-order valence-corrected chi connectivity index (χ2v) is 6.28. The van der Waals surface area contributed by atoms with Crippen molar-refractivity contribution in [3.8, 4) is 5.75 Å². The van der Waals surface area contributed by atoms with Crippen molar-refractivity contribution >= 4 is 38.9 Å². The Morgan fingerprint density at radius 3 is 2.84 bits per heavy atom. The van der Waals surface area contributed by atoms with Gasteiger partial charge in [-0.15, -0.1) is 11.3 Å². The summed E-state index contributed by atoms with van der Waals surface area (Å²) in [6.07, 6.45) is 0. The molecular formula is C13H14BrN3OS. The molecule has 0 atom stereocenters. The average molecular weight is 340 g/mol. The van der Waals surface area contributed by atoms with Crippen molar-refractivity contribution in [3.63, 3.8) is 0 Å². The molecule has 0 aliphatic heterocycles. The molecule has 2 rings (SSSR count). The van der Waals surface area contributed by atoms with E-state index in [1.54, 1.807) is 18.4 Å². The molecule has 0 bridgehead atoms. The number of anilines is 1. The lowest BCUT2D eigenvalue weighted by Crippen LogP contribution is -2.22. The van der Waals surface area contributed by atoms with E-state index in [0.717, 1.165) is 20.1 Å². The minimum Gasteiger partial charge on any atom is -0.495 e. The van der Waals surface area contributed by atoms with Crippen LogP contribution in [0.25, 0.3) is 0 Å². The van der Waals surface area contributed by atoms with Crippen molar-refractivity contribution < 1.29 is 4.74 Å². The molecule has 0 fully saturated rings. The number of nitrogens with zero attached hydrogens (tertiary/aromatic N) is 1. The van der Waals surface area contributed by atoms with Crippen molar-refractivity contribution in [1.29, 1.82) is 0 Å². The fourth-order valence-electron chi connectivity index (χ4n) is 1.53. The maximum absolute atomic E-state index is 5.86. The second kappa shape index (κ2) is 6.58. The van der Waals surface area contributed by atoms with Crippen LogP contribution in [-0.4, -0.2) is 13.1 Å². The highest BCUT2D eigenvalue weighted by Crippen LogP contribution is 2.24. The van der Waals surface area contributed by atoms with Gasteiger partial charge in [0.15, 0.2) is 5.96 Å². The van der Waals surface area contributed by atoms with Crippen LogP contribution in [0.4, 0.5) is 5.69 Å². The van der Waals surface area contributed by atoms with Crippen molar-refractivity contribution in [1.82, 2.24) is 0 Å². The molecule has 6 heteroatoms. The third-order valence-corrected chi connectivity index (χ3v) is 4.01. The monoisotopic (exact) mass is 339 g/mol. The molecule has 2 aromatic rings. The van der Waals surface area contributed by atoms with Gasteiger partial charge < -0.3 is 15.8 Å². The molecule has 100 valence electrons. The van der Waals surface area contributed by atoms with Crippen molar-refractivity contribution in [2.45, 2.75) is 6.54 Å². The number of hydrogen-bond acceptors (Lipinski definition) is 3. The molecule has 1 aromatic heterocycles. The molecule has 0 saturated heterocycles. The molecule has 0 radical (unpaired) electrons. The Kier molecular flexibility index (Phi) is 4.81. The minimum absolute atomic E-state index is 0.369. The van der Waals surface area contributed by atoms with Crippen LogP contribution in [0.15, 0.2) is 45.2 Å². The highest BCUT2D eigenvalue weighted by molar-refractivity contribution is 9.11. The topological polar surface area (TPSA) is 59.6 Å². The van der Waals surface area contributed by atoms with Crippen LogP contribution in [0.3, 0.4) is 0 Å². The zero-order chi connectivity index (χ0) is 13.7. The Morgan fingerprint density at radius 1 is 1.37 bits per heavy atom. The summed E-state index contributed by atoms with van der Waals surface area (Å²) in [5, 5.41) is 3.03.